The second-order valence-corrected chi connectivity index (χ2v) is 6.22. The van der Waals surface area contributed by atoms with Crippen LogP contribution in [0, 0.1) is 0 Å². The van der Waals surface area contributed by atoms with Gasteiger partial charge in [-0.15, -0.1) is 0 Å². The highest BCUT2D eigenvalue weighted by atomic mass is 15.2. The molecular formula is C16H35N3. The topological polar surface area (TPSA) is 9.72 Å². The zero-order chi connectivity index (χ0) is 13.9. The zero-order valence-electron chi connectivity index (χ0n) is 13.5. The Bertz CT molecular complexity index is 194. The lowest BCUT2D eigenvalue weighted by molar-refractivity contribution is 0.230. The summed E-state index contributed by atoms with van der Waals surface area (Å²) in [6.07, 6.45) is 8.44. The molecule has 1 saturated heterocycles. The van der Waals surface area contributed by atoms with Crippen LogP contribution < -0.4 is 0 Å². The molecule has 1 aliphatic rings. The van der Waals surface area contributed by atoms with E-state index in [0.717, 1.165) is 0 Å². The second kappa shape index (κ2) is 10.6. The molecule has 114 valence electrons. The van der Waals surface area contributed by atoms with Gasteiger partial charge in [0.25, 0.3) is 0 Å². The Morgan fingerprint density at radius 3 is 1.68 bits per heavy atom. The molecule has 0 N–H and O–H groups in total. The molecule has 0 saturated carbocycles. The predicted octanol–water partition coefficient (Wildman–Crippen LogP) is 2.53. The lowest BCUT2D eigenvalue weighted by Crippen LogP contribution is -2.35. The van der Waals surface area contributed by atoms with E-state index < -0.39 is 0 Å². The molecule has 1 fully saturated rings. The van der Waals surface area contributed by atoms with Crippen LogP contribution in [0.2, 0.25) is 0 Å². The van der Waals surface area contributed by atoms with E-state index in [1.54, 1.807) is 0 Å². The van der Waals surface area contributed by atoms with Crippen LogP contribution in [0.15, 0.2) is 0 Å². The van der Waals surface area contributed by atoms with Crippen molar-refractivity contribution in [2.45, 2.75) is 45.4 Å². The third-order valence-corrected chi connectivity index (χ3v) is 4.29. The molecule has 0 radical (unpaired) electrons. The summed E-state index contributed by atoms with van der Waals surface area (Å²) in [6.45, 7) is 11.0. The van der Waals surface area contributed by atoms with Crippen molar-refractivity contribution < 1.29 is 0 Å². The fourth-order valence-corrected chi connectivity index (χ4v) is 2.64. The molecule has 1 heterocycles. The summed E-state index contributed by atoms with van der Waals surface area (Å²) in [6, 6.07) is 0. The Kier molecular flexibility index (Phi) is 9.48. The van der Waals surface area contributed by atoms with Crippen LogP contribution in [0.4, 0.5) is 0 Å². The molecule has 1 aliphatic heterocycles. The Balaban J connectivity index is 2.15. The van der Waals surface area contributed by atoms with Gasteiger partial charge < -0.3 is 14.7 Å². The highest BCUT2D eigenvalue weighted by Crippen LogP contribution is 2.06. The van der Waals surface area contributed by atoms with E-state index in [-0.39, 0.29) is 0 Å². The Morgan fingerprint density at radius 2 is 1.11 bits per heavy atom. The highest BCUT2D eigenvalue weighted by Gasteiger charge is 2.11. The van der Waals surface area contributed by atoms with Crippen LogP contribution in [0.25, 0.3) is 0 Å². The molecule has 3 heteroatoms. The largest absolute Gasteiger partial charge is 0.304 e. The maximum absolute atomic E-state index is 2.66. The number of likely N-dealkylation sites (N-methyl/N-ethyl adjacent to an activating group) is 2. The van der Waals surface area contributed by atoms with Crippen molar-refractivity contribution in [3.8, 4) is 0 Å². The van der Waals surface area contributed by atoms with Gasteiger partial charge in [-0.3, -0.25) is 0 Å². The summed E-state index contributed by atoms with van der Waals surface area (Å²) in [4.78, 5) is 7.60. The van der Waals surface area contributed by atoms with E-state index in [2.05, 4.69) is 35.7 Å². The van der Waals surface area contributed by atoms with Crippen molar-refractivity contribution in [3.05, 3.63) is 0 Å². The first kappa shape index (κ1) is 16.9. The van der Waals surface area contributed by atoms with Crippen molar-refractivity contribution in [1.29, 1.82) is 0 Å². The van der Waals surface area contributed by atoms with Crippen molar-refractivity contribution >= 4 is 0 Å². The summed E-state index contributed by atoms with van der Waals surface area (Å²) < 4.78 is 0. The summed E-state index contributed by atoms with van der Waals surface area (Å²) in [7, 11) is 4.50. The van der Waals surface area contributed by atoms with Crippen molar-refractivity contribution in [1.82, 2.24) is 14.7 Å². The van der Waals surface area contributed by atoms with E-state index in [9.17, 15) is 0 Å². The van der Waals surface area contributed by atoms with Gasteiger partial charge in [0.1, 0.15) is 0 Å². The second-order valence-electron chi connectivity index (χ2n) is 6.22. The number of nitrogens with zero attached hydrogens (tertiary/aromatic N) is 3. The van der Waals surface area contributed by atoms with Gasteiger partial charge >= 0.3 is 0 Å². The standard InChI is InChI=1S/C16H35N3/c1-4-5-6-7-8-9-10-19-15-13-17(2)11-12-18(3)14-16-19/h4-16H2,1-3H3. The Morgan fingerprint density at radius 1 is 0.632 bits per heavy atom. The first-order valence-corrected chi connectivity index (χ1v) is 8.32. The van der Waals surface area contributed by atoms with Gasteiger partial charge in [0.2, 0.25) is 0 Å². The Labute approximate surface area is 120 Å². The fraction of sp³-hybridized carbons (Fsp3) is 1.00. The first-order chi connectivity index (χ1) is 9.22. The van der Waals surface area contributed by atoms with Crippen LogP contribution >= 0.6 is 0 Å². The van der Waals surface area contributed by atoms with Gasteiger partial charge in [-0.2, -0.15) is 0 Å². The maximum Gasteiger partial charge on any atom is 0.0110 e. The molecule has 1 rings (SSSR count). The number of hydrogen-bond donors (Lipinski definition) is 0. The van der Waals surface area contributed by atoms with Crippen LogP contribution in [0.3, 0.4) is 0 Å². The third kappa shape index (κ3) is 8.61. The van der Waals surface area contributed by atoms with Crippen molar-refractivity contribution in [2.75, 3.05) is 59.9 Å². The number of unbranched alkanes of at least 4 members (excludes halogenated alkanes) is 5. The van der Waals surface area contributed by atoms with Crippen molar-refractivity contribution in [2.24, 2.45) is 0 Å². The predicted molar refractivity (Wildman–Crippen MR) is 84.8 cm³/mol. The van der Waals surface area contributed by atoms with Gasteiger partial charge in [0.05, 0.1) is 0 Å². The summed E-state index contributed by atoms with van der Waals surface area (Å²) in [5.41, 5.74) is 0. The molecule has 0 aliphatic carbocycles. The van der Waals surface area contributed by atoms with Gasteiger partial charge in [-0.25, -0.2) is 0 Å². The third-order valence-electron chi connectivity index (χ3n) is 4.29. The van der Waals surface area contributed by atoms with Crippen LogP contribution in [-0.2, 0) is 0 Å². The minimum atomic E-state index is 1.21. The zero-order valence-corrected chi connectivity index (χ0v) is 13.5. The molecule has 0 aromatic heterocycles. The van der Waals surface area contributed by atoms with E-state index in [1.807, 2.05) is 0 Å². The average Bonchev–Trinajstić information content (AvgIpc) is 2.48. The summed E-state index contributed by atoms with van der Waals surface area (Å²) >= 11 is 0. The van der Waals surface area contributed by atoms with E-state index >= 15 is 0 Å². The molecule has 0 unspecified atom stereocenters. The SMILES string of the molecule is CCCCCCCCN1CCN(C)CCN(C)CC1. The first-order valence-electron chi connectivity index (χ1n) is 8.32. The van der Waals surface area contributed by atoms with Gasteiger partial charge in [0.15, 0.2) is 0 Å². The number of hydrogen-bond acceptors (Lipinski definition) is 3. The Hall–Kier alpha value is -0.120. The monoisotopic (exact) mass is 269 g/mol. The van der Waals surface area contributed by atoms with Crippen molar-refractivity contribution in [3.63, 3.8) is 0 Å². The minimum Gasteiger partial charge on any atom is -0.304 e. The molecule has 3 nitrogen and oxygen atoms in total. The molecule has 19 heavy (non-hydrogen) atoms. The molecule has 0 aromatic rings. The smallest absolute Gasteiger partial charge is 0.0110 e. The quantitative estimate of drug-likeness (QED) is 0.658. The molecule has 0 aromatic carbocycles. The van der Waals surface area contributed by atoms with Gasteiger partial charge in [0, 0.05) is 39.3 Å². The van der Waals surface area contributed by atoms with E-state index in [4.69, 9.17) is 0 Å². The van der Waals surface area contributed by atoms with E-state index in [0.29, 0.717) is 0 Å². The molecular weight excluding hydrogens is 234 g/mol. The lowest BCUT2D eigenvalue weighted by atomic mass is 10.1. The maximum atomic E-state index is 2.66. The number of rotatable bonds is 7. The minimum absolute atomic E-state index is 1.21. The van der Waals surface area contributed by atoms with E-state index in [1.165, 1.54) is 84.3 Å². The van der Waals surface area contributed by atoms with Crippen LogP contribution in [0.5, 0.6) is 0 Å². The summed E-state index contributed by atoms with van der Waals surface area (Å²) in [5.74, 6) is 0. The summed E-state index contributed by atoms with van der Waals surface area (Å²) in [5, 5.41) is 0. The highest BCUT2D eigenvalue weighted by molar-refractivity contribution is 4.68. The molecule has 0 spiro atoms. The van der Waals surface area contributed by atoms with Crippen LogP contribution in [0.1, 0.15) is 45.4 Å². The lowest BCUT2D eigenvalue weighted by Gasteiger charge is -2.24. The normalized spacial score (nSPS) is 21.0. The average molecular weight is 269 g/mol. The van der Waals surface area contributed by atoms with Crippen LogP contribution in [-0.4, -0.2) is 74.6 Å². The molecule has 0 atom stereocenters. The van der Waals surface area contributed by atoms with Gasteiger partial charge in [-0.05, 0) is 27.1 Å². The van der Waals surface area contributed by atoms with Gasteiger partial charge in [-0.1, -0.05) is 39.0 Å². The fourth-order valence-electron chi connectivity index (χ4n) is 2.64. The molecule has 0 amide bonds. The molecule has 0 bridgehead atoms.